The molecular formula is C14H20N2O4S2. The fourth-order valence-corrected chi connectivity index (χ4v) is 4.44. The Morgan fingerprint density at radius 2 is 2.41 bits per heavy atom. The fourth-order valence-electron chi connectivity index (χ4n) is 3.23. The van der Waals surface area contributed by atoms with E-state index in [1.54, 1.807) is 11.3 Å². The summed E-state index contributed by atoms with van der Waals surface area (Å²) in [7, 11) is -3.24. The molecule has 0 aliphatic carbocycles. The number of carbonyl (C=O) groups excluding carboxylic acids is 1. The van der Waals surface area contributed by atoms with Crippen LogP contribution in [0, 0.1) is 11.3 Å². The Kier molecular flexibility index (Phi) is 4.28. The predicted octanol–water partition coefficient (Wildman–Crippen LogP) is 0.315. The van der Waals surface area contributed by atoms with Crippen LogP contribution in [0.5, 0.6) is 0 Å². The number of rotatable bonds is 5. The predicted molar refractivity (Wildman–Crippen MR) is 84.2 cm³/mol. The van der Waals surface area contributed by atoms with Crippen LogP contribution in [0.4, 0.5) is 0 Å². The van der Waals surface area contributed by atoms with Gasteiger partial charge in [0.25, 0.3) is 0 Å². The van der Waals surface area contributed by atoms with Gasteiger partial charge in [-0.2, -0.15) is 11.3 Å². The number of likely N-dealkylation sites (tertiary alicyclic amines) is 1. The molecule has 22 heavy (non-hydrogen) atoms. The number of ether oxygens (including phenoxy) is 1. The minimum absolute atomic E-state index is 0.103. The maximum Gasteiger partial charge on any atom is 0.227 e. The van der Waals surface area contributed by atoms with Crippen LogP contribution < -0.4 is 4.72 Å². The molecule has 1 aromatic heterocycles. The number of hydrogen-bond donors (Lipinski definition) is 1. The van der Waals surface area contributed by atoms with Crippen molar-refractivity contribution in [3.63, 3.8) is 0 Å². The van der Waals surface area contributed by atoms with Gasteiger partial charge in [0.1, 0.15) is 0 Å². The van der Waals surface area contributed by atoms with Crippen LogP contribution >= 0.6 is 11.3 Å². The molecule has 3 heterocycles. The van der Waals surface area contributed by atoms with Crippen LogP contribution in [0.15, 0.2) is 16.8 Å². The fraction of sp³-hybridized carbons (Fsp3) is 0.643. The van der Waals surface area contributed by atoms with Crippen molar-refractivity contribution in [2.75, 3.05) is 39.1 Å². The molecule has 122 valence electrons. The van der Waals surface area contributed by atoms with Gasteiger partial charge >= 0.3 is 0 Å². The molecule has 6 nitrogen and oxygen atoms in total. The second-order valence-electron chi connectivity index (χ2n) is 6.25. The van der Waals surface area contributed by atoms with Gasteiger partial charge in [-0.05, 0) is 22.4 Å². The van der Waals surface area contributed by atoms with E-state index in [9.17, 15) is 13.2 Å². The van der Waals surface area contributed by atoms with E-state index in [2.05, 4.69) is 4.72 Å². The van der Waals surface area contributed by atoms with Crippen LogP contribution in [0.25, 0.3) is 0 Å². The van der Waals surface area contributed by atoms with Crippen LogP contribution in [0.1, 0.15) is 5.56 Å². The van der Waals surface area contributed by atoms with Gasteiger partial charge in [0.2, 0.25) is 15.9 Å². The lowest BCUT2D eigenvalue weighted by Crippen LogP contribution is -2.43. The lowest BCUT2D eigenvalue weighted by atomic mass is 9.81. The van der Waals surface area contributed by atoms with Gasteiger partial charge in [-0.1, -0.05) is 0 Å². The highest BCUT2D eigenvalue weighted by Gasteiger charge is 2.51. The molecule has 1 amide bonds. The molecule has 2 aliphatic rings. The topological polar surface area (TPSA) is 75.7 Å². The highest BCUT2D eigenvalue weighted by atomic mass is 32.2. The van der Waals surface area contributed by atoms with E-state index in [0.29, 0.717) is 39.3 Å². The summed E-state index contributed by atoms with van der Waals surface area (Å²) in [5.74, 6) is 0.305. The average Bonchev–Trinajstić information content (AvgIpc) is 3.09. The Labute approximate surface area is 134 Å². The summed E-state index contributed by atoms with van der Waals surface area (Å²) in [6, 6.07) is 1.96. The lowest BCUT2D eigenvalue weighted by Gasteiger charge is -2.27. The van der Waals surface area contributed by atoms with E-state index in [4.69, 9.17) is 4.74 Å². The van der Waals surface area contributed by atoms with Crippen molar-refractivity contribution in [3.05, 3.63) is 22.4 Å². The standard InChI is InChI=1S/C14H20N2O4S2/c1-22(18,19)15-8-14-9-16(5-12(14)6-20-10-14)13(17)4-11-2-3-21-7-11/h2-3,7,12,15H,4-6,8-10H2,1H3/t12-,14+/m1/s1. The summed E-state index contributed by atoms with van der Waals surface area (Å²) < 4.78 is 30.9. The molecule has 2 saturated heterocycles. The second kappa shape index (κ2) is 5.92. The SMILES string of the molecule is CS(=O)(=O)NC[C@]12COC[C@H]1CN(C(=O)Cc1ccsc1)C2. The van der Waals surface area contributed by atoms with Crippen molar-refractivity contribution < 1.29 is 17.9 Å². The van der Waals surface area contributed by atoms with Crippen LogP contribution in [-0.4, -0.2) is 58.3 Å². The number of nitrogens with one attached hydrogen (secondary N) is 1. The number of hydrogen-bond acceptors (Lipinski definition) is 5. The molecule has 1 aromatic rings. The monoisotopic (exact) mass is 344 g/mol. The van der Waals surface area contributed by atoms with E-state index in [1.807, 2.05) is 21.7 Å². The molecule has 2 atom stereocenters. The minimum atomic E-state index is -3.24. The van der Waals surface area contributed by atoms with Gasteiger partial charge in [0.05, 0.1) is 25.9 Å². The van der Waals surface area contributed by atoms with Crippen molar-refractivity contribution >= 4 is 27.3 Å². The molecular weight excluding hydrogens is 324 g/mol. The molecule has 8 heteroatoms. The zero-order valence-corrected chi connectivity index (χ0v) is 14.1. The minimum Gasteiger partial charge on any atom is -0.380 e. The van der Waals surface area contributed by atoms with Gasteiger partial charge in [0, 0.05) is 31.0 Å². The molecule has 0 aromatic carbocycles. The first-order chi connectivity index (χ1) is 10.4. The van der Waals surface area contributed by atoms with Gasteiger partial charge in [-0.3, -0.25) is 4.79 Å². The molecule has 0 bridgehead atoms. The van der Waals surface area contributed by atoms with E-state index in [1.165, 1.54) is 0 Å². The first kappa shape index (κ1) is 15.9. The molecule has 0 spiro atoms. The highest BCUT2D eigenvalue weighted by molar-refractivity contribution is 7.88. The third-order valence-electron chi connectivity index (χ3n) is 4.50. The molecule has 2 aliphatic heterocycles. The van der Waals surface area contributed by atoms with Crippen molar-refractivity contribution in [3.8, 4) is 0 Å². The van der Waals surface area contributed by atoms with Gasteiger partial charge < -0.3 is 9.64 Å². The first-order valence-corrected chi connectivity index (χ1v) is 10.0. The average molecular weight is 344 g/mol. The zero-order valence-electron chi connectivity index (χ0n) is 12.4. The molecule has 0 radical (unpaired) electrons. The Hall–Kier alpha value is -0.960. The van der Waals surface area contributed by atoms with E-state index in [0.717, 1.165) is 11.8 Å². The third kappa shape index (κ3) is 3.34. The van der Waals surface area contributed by atoms with Gasteiger partial charge in [-0.25, -0.2) is 13.1 Å². The number of thiophene rings is 1. The Morgan fingerprint density at radius 1 is 1.59 bits per heavy atom. The number of amides is 1. The largest absolute Gasteiger partial charge is 0.380 e. The quantitative estimate of drug-likeness (QED) is 0.834. The van der Waals surface area contributed by atoms with Crippen LogP contribution in [-0.2, 0) is 26.0 Å². The first-order valence-electron chi connectivity index (χ1n) is 7.19. The zero-order chi connectivity index (χ0) is 15.8. The van der Waals surface area contributed by atoms with E-state index >= 15 is 0 Å². The van der Waals surface area contributed by atoms with Crippen LogP contribution in [0.2, 0.25) is 0 Å². The molecule has 0 unspecified atom stereocenters. The summed E-state index contributed by atoms with van der Waals surface area (Å²) >= 11 is 1.58. The third-order valence-corrected chi connectivity index (χ3v) is 5.90. The maximum absolute atomic E-state index is 12.4. The van der Waals surface area contributed by atoms with Gasteiger partial charge in [0.15, 0.2) is 0 Å². The lowest BCUT2D eigenvalue weighted by molar-refractivity contribution is -0.130. The molecule has 3 rings (SSSR count). The summed E-state index contributed by atoms with van der Waals surface area (Å²) in [5, 5.41) is 3.95. The maximum atomic E-state index is 12.4. The van der Waals surface area contributed by atoms with Crippen molar-refractivity contribution in [1.82, 2.24) is 9.62 Å². The molecule has 2 fully saturated rings. The van der Waals surface area contributed by atoms with Crippen LogP contribution in [0.3, 0.4) is 0 Å². The van der Waals surface area contributed by atoms with Crippen molar-refractivity contribution in [2.24, 2.45) is 11.3 Å². The Balaban J connectivity index is 1.66. The normalized spacial score (nSPS) is 28.0. The number of nitrogens with zero attached hydrogens (tertiary/aromatic N) is 1. The Morgan fingerprint density at radius 3 is 3.09 bits per heavy atom. The van der Waals surface area contributed by atoms with Crippen molar-refractivity contribution in [2.45, 2.75) is 6.42 Å². The molecule has 1 N–H and O–H groups in total. The van der Waals surface area contributed by atoms with E-state index in [-0.39, 0.29) is 17.2 Å². The Bertz CT molecular complexity index is 644. The van der Waals surface area contributed by atoms with Crippen molar-refractivity contribution in [1.29, 1.82) is 0 Å². The highest BCUT2D eigenvalue weighted by Crippen LogP contribution is 2.41. The number of sulfonamides is 1. The number of fused-ring (bicyclic) bond motifs is 1. The summed E-state index contributed by atoms with van der Waals surface area (Å²) in [5.41, 5.74) is 0.750. The molecule has 0 saturated carbocycles. The summed E-state index contributed by atoms with van der Waals surface area (Å²) in [6.07, 6.45) is 1.57. The summed E-state index contributed by atoms with van der Waals surface area (Å²) in [6.45, 7) is 2.63. The smallest absolute Gasteiger partial charge is 0.227 e. The second-order valence-corrected chi connectivity index (χ2v) is 8.86. The summed E-state index contributed by atoms with van der Waals surface area (Å²) in [4.78, 5) is 14.3. The number of carbonyl (C=O) groups is 1. The van der Waals surface area contributed by atoms with Gasteiger partial charge in [-0.15, -0.1) is 0 Å². The van der Waals surface area contributed by atoms with E-state index < -0.39 is 10.0 Å².